The first kappa shape index (κ1) is 27.2. The van der Waals surface area contributed by atoms with Crippen LogP contribution in [0.25, 0.3) is 38.9 Å². The van der Waals surface area contributed by atoms with Crippen LogP contribution >= 0.6 is 0 Å². The van der Waals surface area contributed by atoms with Crippen molar-refractivity contribution in [2.45, 2.75) is 19.8 Å². The molecule has 0 unspecified atom stereocenters. The van der Waals surface area contributed by atoms with Gasteiger partial charge in [-0.15, -0.1) is 0 Å². The van der Waals surface area contributed by atoms with Crippen LogP contribution in [0, 0.1) is 13.8 Å². The van der Waals surface area contributed by atoms with Crippen molar-refractivity contribution >= 4 is 33.5 Å². The number of ether oxygens (including phenoxy) is 2. The Hall–Kier alpha value is -4.65. The highest BCUT2D eigenvalue weighted by atomic mass is 19.3. The lowest BCUT2D eigenvalue weighted by atomic mass is 10.1. The Balaban J connectivity index is 1.42. The van der Waals surface area contributed by atoms with E-state index >= 15 is 0 Å². The lowest BCUT2D eigenvalue weighted by Gasteiger charge is -2.38. The van der Waals surface area contributed by atoms with Gasteiger partial charge >= 0.3 is 0 Å². The first-order valence-corrected chi connectivity index (χ1v) is 14.0. The first-order valence-electron chi connectivity index (χ1n) is 14.0. The maximum Gasteiger partial charge on any atom is 0.282 e. The molecule has 0 radical (unpaired) electrons. The molecule has 11 nitrogen and oxygen atoms in total. The summed E-state index contributed by atoms with van der Waals surface area (Å²) < 4.78 is 42.0. The van der Waals surface area contributed by atoms with E-state index in [1.54, 1.807) is 48.1 Å². The van der Waals surface area contributed by atoms with E-state index in [0.29, 0.717) is 60.6 Å². The van der Waals surface area contributed by atoms with Crippen LogP contribution in [0.1, 0.15) is 21.7 Å². The van der Waals surface area contributed by atoms with Crippen LogP contribution in [0.2, 0.25) is 0 Å². The Morgan fingerprint density at radius 1 is 1.07 bits per heavy atom. The van der Waals surface area contributed by atoms with Gasteiger partial charge < -0.3 is 23.8 Å². The summed E-state index contributed by atoms with van der Waals surface area (Å²) in [6, 6.07) is 5.61. The van der Waals surface area contributed by atoms with Gasteiger partial charge in [-0.05, 0) is 31.5 Å². The number of carbonyl (C=O) groups excluding carboxylic acids is 1. The molecule has 0 bridgehead atoms. The fourth-order valence-corrected chi connectivity index (χ4v) is 6.09. The summed E-state index contributed by atoms with van der Waals surface area (Å²) in [5.74, 6) is -1.38. The zero-order valence-corrected chi connectivity index (χ0v) is 24.3. The van der Waals surface area contributed by atoms with E-state index in [9.17, 15) is 13.6 Å². The standard InChI is InChI=1S/C30H30F2N8O3/c1-17-26-23(37(3)27(17)29(41)39-15-30(31,32)16-39)12-25(36-28(26)38-7-9-43-10-8-38)40-22-11-21(35-18(2)19(22)14-34-40)20-13-33-6-5-24(20)42-4/h5-6,11-14H,7-10,15-16H2,1-4H3. The summed E-state index contributed by atoms with van der Waals surface area (Å²) in [4.78, 5) is 30.9. The van der Waals surface area contributed by atoms with Crippen molar-refractivity contribution in [1.29, 1.82) is 0 Å². The number of rotatable bonds is 5. The van der Waals surface area contributed by atoms with Crippen molar-refractivity contribution in [1.82, 2.24) is 34.2 Å². The molecule has 5 aromatic heterocycles. The number of aryl methyl sites for hydroxylation is 3. The summed E-state index contributed by atoms with van der Waals surface area (Å²) in [6.45, 7) is 4.94. The highest BCUT2D eigenvalue weighted by Gasteiger charge is 2.47. The summed E-state index contributed by atoms with van der Waals surface area (Å²) in [5, 5.41) is 6.38. The topological polar surface area (TPSA) is 103 Å². The van der Waals surface area contributed by atoms with E-state index in [1.165, 1.54) is 4.90 Å². The Morgan fingerprint density at radius 3 is 2.56 bits per heavy atom. The summed E-state index contributed by atoms with van der Waals surface area (Å²) >= 11 is 0. The third-order valence-electron chi connectivity index (χ3n) is 8.29. The van der Waals surface area contributed by atoms with Gasteiger partial charge in [0.1, 0.15) is 17.3 Å². The van der Waals surface area contributed by atoms with E-state index in [-0.39, 0.29) is 0 Å². The minimum Gasteiger partial charge on any atom is -0.496 e. The number of anilines is 1. The fraction of sp³-hybridized carbons (Fsp3) is 0.367. The Morgan fingerprint density at radius 2 is 1.84 bits per heavy atom. The summed E-state index contributed by atoms with van der Waals surface area (Å²) in [5.41, 5.74) is 4.83. The molecule has 7 heterocycles. The number of carbonyl (C=O) groups is 1. The van der Waals surface area contributed by atoms with Crippen LogP contribution in [-0.2, 0) is 11.8 Å². The molecular weight excluding hydrogens is 558 g/mol. The van der Waals surface area contributed by atoms with Crippen LogP contribution in [0.15, 0.2) is 36.8 Å². The van der Waals surface area contributed by atoms with Crippen LogP contribution < -0.4 is 9.64 Å². The molecule has 7 rings (SSSR count). The van der Waals surface area contributed by atoms with Gasteiger partial charge in [-0.3, -0.25) is 14.8 Å². The van der Waals surface area contributed by atoms with Gasteiger partial charge in [-0.1, -0.05) is 0 Å². The van der Waals surface area contributed by atoms with Crippen molar-refractivity contribution in [2.24, 2.45) is 7.05 Å². The second kappa shape index (κ2) is 9.97. The predicted molar refractivity (Wildman–Crippen MR) is 156 cm³/mol. The predicted octanol–water partition coefficient (Wildman–Crippen LogP) is 3.92. The van der Waals surface area contributed by atoms with E-state index in [0.717, 1.165) is 33.1 Å². The average Bonchev–Trinajstić information content (AvgIpc) is 3.54. The quantitative estimate of drug-likeness (QED) is 0.305. The lowest BCUT2D eigenvalue weighted by molar-refractivity contribution is -0.113. The number of likely N-dealkylation sites (tertiary alicyclic amines) is 1. The molecule has 0 saturated carbocycles. The number of pyridine rings is 3. The third-order valence-corrected chi connectivity index (χ3v) is 8.29. The van der Waals surface area contributed by atoms with Crippen molar-refractivity contribution in [3.05, 3.63) is 53.7 Å². The zero-order valence-electron chi connectivity index (χ0n) is 24.3. The van der Waals surface area contributed by atoms with Crippen LogP contribution in [-0.4, -0.2) is 92.5 Å². The van der Waals surface area contributed by atoms with Crippen molar-refractivity contribution in [3.63, 3.8) is 0 Å². The van der Waals surface area contributed by atoms with Crippen molar-refractivity contribution in [3.8, 4) is 22.8 Å². The smallest absolute Gasteiger partial charge is 0.282 e. The number of methoxy groups -OCH3 is 1. The monoisotopic (exact) mass is 588 g/mol. The van der Waals surface area contributed by atoms with E-state index in [1.807, 2.05) is 26.0 Å². The van der Waals surface area contributed by atoms with Gasteiger partial charge in [0.2, 0.25) is 0 Å². The summed E-state index contributed by atoms with van der Waals surface area (Å²) in [6.07, 6.45) is 5.14. The number of nitrogens with zero attached hydrogens (tertiary/aromatic N) is 8. The molecule has 13 heteroatoms. The molecule has 2 saturated heterocycles. The number of amides is 1. The highest BCUT2D eigenvalue weighted by Crippen LogP contribution is 2.37. The van der Waals surface area contributed by atoms with Gasteiger partial charge in [0.25, 0.3) is 11.8 Å². The second-order valence-corrected chi connectivity index (χ2v) is 11.0. The van der Waals surface area contributed by atoms with Crippen LogP contribution in [0.4, 0.5) is 14.6 Å². The molecule has 2 aliphatic heterocycles. The number of hydrogen-bond acceptors (Lipinski definition) is 8. The number of morpholine rings is 1. The SMILES string of the molecule is COc1ccncc1-c1cc2c(cnn2-c2cc3c(c(N4CCOCC4)n2)c(C)c(C(=O)N2CC(F)(F)C2)n3C)c(C)n1. The molecule has 1 amide bonds. The number of halogens is 2. The Bertz CT molecular complexity index is 1900. The molecule has 43 heavy (non-hydrogen) atoms. The maximum atomic E-state index is 13.7. The molecule has 0 atom stereocenters. The van der Waals surface area contributed by atoms with Gasteiger partial charge in [-0.2, -0.15) is 5.10 Å². The van der Waals surface area contributed by atoms with Gasteiger partial charge in [-0.25, -0.2) is 18.4 Å². The average molecular weight is 589 g/mol. The van der Waals surface area contributed by atoms with Crippen molar-refractivity contribution in [2.75, 3.05) is 51.4 Å². The molecule has 2 aliphatic rings. The second-order valence-electron chi connectivity index (χ2n) is 11.0. The fourth-order valence-electron chi connectivity index (χ4n) is 6.09. The molecule has 2 fully saturated rings. The molecule has 5 aromatic rings. The Kier molecular flexibility index (Phi) is 6.31. The zero-order chi connectivity index (χ0) is 30.0. The van der Waals surface area contributed by atoms with Crippen LogP contribution in [0.5, 0.6) is 5.75 Å². The first-order chi connectivity index (χ1) is 20.7. The maximum absolute atomic E-state index is 13.7. The molecule has 0 aliphatic carbocycles. The number of hydrogen-bond donors (Lipinski definition) is 0. The number of fused-ring (bicyclic) bond motifs is 2. The van der Waals surface area contributed by atoms with E-state index in [4.69, 9.17) is 24.5 Å². The number of alkyl halides is 2. The van der Waals surface area contributed by atoms with E-state index < -0.39 is 24.9 Å². The highest BCUT2D eigenvalue weighted by molar-refractivity contribution is 6.06. The molecule has 0 N–H and O–H groups in total. The molecule has 0 aromatic carbocycles. The van der Waals surface area contributed by atoms with Gasteiger partial charge in [0.05, 0.1) is 61.9 Å². The normalized spacial score (nSPS) is 16.6. The van der Waals surface area contributed by atoms with Crippen LogP contribution in [0.3, 0.4) is 0 Å². The largest absolute Gasteiger partial charge is 0.496 e. The third kappa shape index (κ3) is 4.37. The Labute approximate surface area is 245 Å². The molecule has 0 spiro atoms. The van der Waals surface area contributed by atoms with Crippen molar-refractivity contribution < 1.29 is 23.0 Å². The van der Waals surface area contributed by atoms with Gasteiger partial charge in [0, 0.05) is 55.1 Å². The summed E-state index contributed by atoms with van der Waals surface area (Å²) in [7, 11) is 3.39. The molecular formula is C30H30F2N8O3. The van der Waals surface area contributed by atoms with Gasteiger partial charge in [0.15, 0.2) is 5.82 Å². The number of aromatic nitrogens is 6. The molecule has 222 valence electrons. The minimum absolute atomic E-state index is 0.371. The minimum atomic E-state index is -2.85. The van der Waals surface area contributed by atoms with E-state index in [2.05, 4.69) is 9.88 Å². The lowest BCUT2D eigenvalue weighted by Crippen LogP contribution is -2.58.